The van der Waals surface area contributed by atoms with Gasteiger partial charge in [-0.25, -0.2) is 0 Å². The van der Waals surface area contributed by atoms with E-state index in [9.17, 15) is 19.5 Å². The molecule has 1 fully saturated rings. The number of benzene rings is 4. The molecule has 0 bridgehead atoms. The summed E-state index contributed by atoms with van der Waals surface area (Å²) in [5, 5.41) is 16.0. The molecule has 5 aromatic rings. The summed E-state index contributed by atoms with van der Waals surface area (Å²) in [6.07, 6.45) is 0.138. The fourth-order valence-electron chi connectivity index (χ4n) is 5.49. The zero-order valence-corrected chi connectivity index (χ0v) is 23.5. The second kappa shape index (κ2) is 11.8. The third-order valence-electron chi connectivity index (χ3n) is 7.77. The van der Waals surface area contributed by atoms with E-state index in [1.54, 1.807) is 41.3 Å². The zero-order valence-electron chi connectivity index (χ0n) is 23.5. The Labute approximate surface area is 248 Å². The highest BCUT2D eigenvalue weighted by atomic mass is 16.4. The average molecular weight is 575 g/mol. The van der Waals surface area contributed by atoms with Crippen molar-refractivity contribution in [3.8, 4) is 0 Å². The summed E-state index contributed by atoms with van der Waals surface area (Å²) in [6.45, 7) is 2.45. The molecule has 2 heterocycles. The lowest BCUT2D eigenvalue weighted by atomic mass is 9.89. The van der Waals surface area contributed by atoms with E-state index in [1.807, 2.05) is 67.6 Å². The van der Waals surface area contributed by atoms with Gasteiger partial charge in [0, 0.05) is 35.9 Å². The van der Waals surface area contributed by atoms with E-state index in [0.717, 1.165) is 22.4 Å². The van der Waals surface area contributed by atoms with Crippen LogP contribution in [0.15, 0.2) is 101 Å². The van der Waals surface area contributed by atoms with Crippen LogP contribution in [0.1, 0.15) is 33.0 Å². The number of carboxylic acids is 1. The highest BCUT2D eigenvalue weighted by Gasteiger charge is 2.40. The molecule has 1 saturated heterocycles. The lowest BCUT2D eigenvalue weighted by molar-refractivity contribution is -0.141. The summed E-state index contributed by atoms with van der Waals surface area (Å²) >= 11 is 0. The zero-order chi connectivity index (χ0) is 29.9. The van der Waals surface area contributed by atoms with Crippen molar-refractivity contribution in [3.63, 3.8) is 0 Å². The standard InChI is InChI=1S/C34H30N4O5/c1-21-7-5-6-10-28(21)36-34-37-29-16-11-22(17-30(29)43-34)18-31(39)35-25-14-12-23(13-15-25)26-19-38(20-27(26)33(41)42)32(40)24-8-3-2-4-9-24/h2-17,26-27H,18-20H2,1H3,(H,35,39)(H,36,37)(H,41,42). The van der Waals surface area contributed by atoms with Crippen molar-refractivity contribution < 1.29 is 23.9 Å². The number of nitrogens with zero attached hydrogens (tertiary/aromatic N) is 2. The molecular formula is C34H30N4O5. The number of aryl methyl sites for hydroxylation is 1. The first-order chi connectivity index (χ1) is 20.8. The van der Waals surface area contributed by atoms with Crippen molar-refractivity contribution in [2.45, 2.75) is 19.3 Å². The maximum absolute atomic E-state index is 13.0. The van der Waals surface area contributed by atoms with E-state index in [0.29, 0.717) is 34.9 Å². The number of fused-ring (bicyclic) bond motifs is 1. The highest BCUT2D eigenvalue weighted by Crippen LogP contribution is 2.34. The quantitative estimate of drug-likeness (QED) is 0.208. The van der Waals surface area contributed by atoms with Gasteiger partial charge >= 0.3 is 5.97 Å². The number of carbonyl (C=O) groups excluding carboxylic acids is 2. The fraction of sp³-hybridized carbons (Fsp3) is 0.176. The van der Waals surface area contributed by atoms with E-state index < -0.39 is 11.9 Å². The molecule has 2 amide bonds. The number of hydrogen-bond acceptors (Lipinski definition) is 6. The first kappa shape index (κ1) is 27.7. The first-order valence-electron chi connectivity index (χ1n) is 14.0. The van der Waals surface area contributed by atoms with Gasteiger partial charge in [0.15, 0.2) is 5.58 Å². The van der Waals surface area contributed by atoms with Crippen LogP contribution >= 0.6 is 0 Å². The number of amides is 2. The smallest absolute Gasteiger partial charge is 0.308 e. The van der Waals surface area contributed by atoms with Crippen LogP contribution in [-0.4, -0.2) is 45.9 Å². The summed E-state index contributed by atoms with van der Waals surface area (Å²) in [6, 6.07) is 29.7. The van der Waals surface area contributed by atoms with Crippen molar-refractivity contribution in [1.82, 2.24) is 9.88 Å². The average Bonchev–Trinajstić information content (AvgIpc) is 3.63. The lowest BCUT2D eigenvalue weighted by Gasteiger charge is -2.17. The Balaban J connectivity index is 1.09. The van der Waals surface area contributed by atoms with Crippen LogP contribution in [0.3, 0.4) is 0 Å². The van der Waals surface area contributed by atoms with Crippen molar-refractivity contribution in [3.05, 3.63) is 119 Å². The van der Waals surface area contributed by atoms with Gasteiger partial charge in [-0.1, -0.05) is 54.6 Å². The molecule has 9 heteroatoms. The summed E-state index contributed by atoms with van der Waals surface area (Å²) in [7, 11) is 0. The van der Waals surface area contributed by atoms with Gasteiger partial charge in [-0.05, 0) is 66.1 Å². The molecule has 4 aromatic carbocycles. The second-order valence-electron chi connectivity index (χ2n) is 10.7. The molecular weight excluding hydrogens is 544 g/mol. The molecule has 9 nitrogen and oxygen atoms in total. The molecule has 0 radical (unpaired) electrons. The molecule has 2 atom stereocenters. The number of nitrogens with one attached hydrogen (secondary N) is 2. The number of anilines is 3. The Morgan fingerprint density at radius 3 is 2.42 bits per heavy atom. The minimum atomic E-state index is -0.937. The van der Waals surface area contributed by atoms with Crippen molar-refractivity contribution in [1.29, 1.82) is 0 Å². The number of carbonyl (C=O) groups is 3. The molecule has 43 heavy (non-hydrogen) atoms. The molecule has 0 spiro atoms. The number of likely N-dealkylation sites (tertiary alicyclic amines) is 1. The highest BCUT2D eigenvalue weighted by molar-refractivity contribution is 5.95. The van der Waals surface area contributed by atoms with Crippen LogP contribution in [0.5, 0.6) is 0 Å². The topological polar surface area (TPSA) is 125 Å². The van der Waals surface area contributed by atoms with Gasteiger partial charge in [-0.15, -0.1) is 0 Å². The van der Waals surface area contributed by atoms with E-state index in [2.05, 4.69) is 15.6 Å². The Kier molecular flexibility index (Phi) is 7.61. The molecule has 2 unspecified atom stereocenters. The predicted molar refractivity (Wildman–Crippen MR) is 163 cm³/mol. The fourth-order valence-corrected chi connectivity index (χ4v) is 5.49. The lowest BCUT2D eigenvalue weighted by Crippen LogP contribution is -2.29. The van der Waals surface area contributed by atoms with Crippen LogP contribution in [0.25, 0.3) is 11.1 Å². The van der Waals surface area contributed by atoms with Crippen LogP contribution in [0, 0.1) is 12.8 Å². The molecule has 1 aliphatic heterocycles. The number of rotatable bonds is 8. The van der Waals surface area contributed by atoms with Crippen molar-refractivity contribution >= 4 is 46.3 Å². The molecule has 0 aliphatic carbocycles. The molecule has 216 valence electrons. The van der Waals surface area contributed by atoms with E-state index in [-0.39, 0.29) is 30.7 Å². The van der Waals surface area contributed by atoms with Gasteiger partial charge < -0.3 is 25.1 Å². The third kappa shape index (κ3) is 6.11. The van der Waals surface area contributed by atoms with Gasteiger partial charge in [0.2, 0.25) is 5.91 Å². The molecule has 1 aromatic heterocycles. The number of hydrogen-bond donors (Lipinski definition) is 3. The van der Waals surface area contributed by atoms with Crippen LogP contribution in [-0.2, 0) is 16.0 Å². The van der Waals surface area contributed by atoms with Gasteiger partial charge in [-0.2, -0.15) is 4.98 Å². The summed E-state index contributed by atoms with van der Waals surface area (Å²) < 4.78 is 5.88. The van der Waals surface area contributed by atoms with Crippen molar-refractivity contribution in [2.24, 2.45) is 5.92 Å². The van der Waals surface area contributed by atoms with Crippen LogP contribution < -0.4 is 10.6 Å². The van der Waals surface area contributed by atoms with Crippen molar-refractivity contribution in [2.75, 3.05) is 23.7 Å². The Bertz CT molecular complexity index is 1800. The maximum Gasteiger partial charge on any atom is 0.308 e. The Morgan fingerprint density at radius 2 is 1.67 bits per heavy atom. The normalized spacial score (nSPS) is 16.3. The number of carboxylic acid groups (broad SMARTS) is 1. The minimum absolute atomic E-state index is 0.138. The van der Waals surface area contributed by atoms with Crippen LogP contribution in [0.4, 0.5) is 17.4 Å². The van der Waals surface area contributed by atoms with E-state index >= 15 is 0 Å². The van der Waals surface area contributed by atoms with Gasteiger partial charge in [0.1, 0.15) is 5.52 Å². The number of aromatic nitrogens is 1. The van der Waals surface area contributed by atoms with Crippen LogP contribution in [0.2, 0.25) is 0 Å². The van der Waals surface area contributed by atoms with E-state index in [4.69, 9.17) is 4.42 Å². The predicted octanol–water partition coefficient (Wildman–Crippen LogP) is 6.00. The second-order valence-corrected chi connectivity index (χ2v) is 10.7. The molecule has 1 aliphatic rings. The minimum Gasteiger partial charge on any atom is -0.481 e. The Hall–Kier alpha value is -5.44. The number of para-hydroxylation sites is 1. The number of oxazole rings is 1. The first-order valence-corrected chi connectivity index (χ1v) is 14.0. The van der Waals surface area contributed by atoms with Gasteiger partial charge in [-0.3, -0.25) is 14.4 Å². The molecule has 3 N–H and O–H groups in total. The molecule has 0 saturated carbocycles. The third-order valence-corrected chi connectivity index (χ3v) is 7.77. The maximum atomic E-state index is 13.0. The van der Waals surface area contributed by atoms with E-state index in [1.165, 1.54) is 0 Å². The van der Waals surface area contributed by atoms with Gasteiger partial charge in [0.25, 0.3) is 11.9 Å². The summed E-state index contributed by atoms with van der Waals surface area (Å²) in [5.41, 5.74) is 5.96. The monoisotopic (exact) mass is 574 g/mol. The summed E-state index contributed by atoms with van der Waals surface area (Å²) in [5.74, 6) is -2.39. The Morgan fingerprint density at radius 1 is 0.930 bits per heavy atom. The summed E-state index contributed by atoms with van der Waals surface area (Å²) in [4.78, 5) is 43.9. The molecule has 6 rings (SSSR count). The largest absolute Gasteiger partial charge is 0.481 e. The number of aliphatic carboxylic acids is 1. The SMILES string of the molecule is Cc1ccccc1Nc1nc2ccc(CC(=O)Nc3ccc(C4CN(C(=O)c5ccccc5)CC4C(=O)O)cc3)cc2o1. The van der Waals surface area contributed by atoms with Gasteiger partial charge in [0.05, 0.1) is 12.3 Å².